The Morgan fingerprint density at radius 3 is 2.76 bits per heavy atom. The van der Waals surface area contributed by atoms with Gasteiger partial charge in [0.1, 0.15) is 5.75 Å². The molecule has 3 aliphatic rings. The summed E-state index contributed by atoms with van der Waals surface area (Å²) < 4.78 is 6.68. The highest BCUT2D eigenvalue weighted by Gasteiger charge is 2.53. The second-order valence-electron chi connectivity index (χ2n) is 7.20. The van der Waals surface area contributed by atoms with Gasteiger partial charge in [-0.05, 0) is 74.0 Å². The second-order valence-corrected chi connectivity index (χ2v) is 8.12. The van der Waals surface area contributed by atoms with E-state index in [-0.39, 0.29) is 0 Å². The number of nitrogens with one attached hydrogen (secondary N) is 1. The quantitative estimate of drug-likeness (QED) is 0.828. The van der Waals surface area contributed by atoms with Gasteiger partial charge in [0.25, 0.3) is 0 Å². The number of hydrogen-bond donors (Lipinski definition) is 1. The summed E-state index contributed by atoms with van der Waals surface area (Å²) in [5.41, 5.74) is 2.47. The van der Waals surface area contributed by atoms with E-state index in [1.807, 2.05) is 0 Å². The van der Waals surface area contributed by atoms with Gasteiger partial charge in [0, 0.05) is 10.5 Å². The lowest BCUT2D eigenvalue weighted by Crippen LogP contribution is -2.34. The molecule has 21 heavy (non-hydrogen) atoms. The summed E-state index contributed by atoms with van der Waals surface area (Å²) in [6, 6.07) is 4.90. The van der Waals surface area contributed by atoms with Gasteiger partial charge in [-0.1, -0.05) is 22.4 Å². The molecule has 0 heterocycles. The van der Waals surface area contributed by atoms with Crippen LogP contribution in [0.4, 0.5) is 5.69 Å². The van der Waals surface area contributed by atoms with Crippen molar-refractivity contribution in [1.82, 2.24) is 0 Å². The highest BCUT2D eigenvalue weighted by atomic mass is 79.9. The molecular weight excluding hydrogens is 326 g/mol. The lowest BCUT2D eigenvalue weighted by Gasteiger charge is -2.33. The molecule has 1 aromatic carbocycles. The zero-order valence-corrected chi connectivity index (χ0v) is 14.4. The Balaban J connectivity index is 1.58. The van der Waals surface area contributed by atoms with Crippen molar-refractivity contribution in [3.05, 3.63) is 22.2 Å². The van der Waals surface area contributed by atoms with E-state index in [0.717, 1.165) is 33.9 Å². The van der Waals surface area contributed by atoms with Crippen molar-refractivity contribution in [3.63, 3.8) is 0 Å². The van der Waals surface area contributed by atoms with Gasteiger partial charge in [0.05, 0.1) is 12.8 Å². The summed E-state index contributed by atoms with van der Waals surface area (Å²) in [7, 11) is 1.76. The molecule has 5 unspecified atom stereocenters. The zero-order valence-electron chi connectivity index (χ0n) is 12.9. The number of anilines is 1. The van der Waals surface area contributed by atoms with Crippen molar-refractivity contribution in [3.8, 4) is 5.75 Å². The fourth-order valence-electron chi connectivity index (χ4n) is 5.48. The average Bonchev–Trinajstić information content (AvgIpc) is 3.13. The lowest BCUT2D eigenvalue weighted by atomic mass is 9.79. The standard InChI is InChI=1S/C18H24BrNO/c1-10-6-12(19)9-17(21-2)18(10)20-16-8-11-7-15(16)14-5-3-4-13(11)14/h6,9,11,13-16,20H,3-5,7-8H2,1-2H3. The van der Waals surface area contributed by atoms with E-state index >= 15 is 0 Å². The molecule has 0 aromatic heterocycles. The Morgan fingerprint density at radius 2 is 1.95 bits per heavy atom. The topological polar surface area (TPSA) is 21.3 Å². The highest BCUT2D eigenvalue weighted by Crippen LogP contribution is 2.59. The molecule has 0 aliphatic heterocycles. The van der Waals surface area contributed by atoms with Crippen LogP contribution in [0.1, 0.15) is 37.7 Å². The van der Waals surface area contributed by atoms with Crippen LogP contribution in [0.3, 0.4) is 0 Å². The van der Waals surface area contributed by atoms with Crippen LogP contribution in [0.2, 0.25) is 0 Å². The largest absolute Gasteiger partial charge is 0.495 e. The van der Waals surface area contributed by atoms with Gasteiger partial charge < -0.3 is 10.1 Å². The number of benzene rings is 1. The van der Waals surface area contributed by atoms with E-state index in [2.05, 4.69) is 40.3 Å². The molecule has 2 bridgehead atoms. The minimum Gasteiger partial charge on any atom is -0.495 e. The van der Waals surface area contributed by atoms with E-state index in [1.165, 1.54) is 43.4 Å². The van der Waals surface area contributed by atoms with E-state index in [4.69, 9.17) is 4.74 Å². The first-order valence-corrected chi connectivity index (χ1v) is 9.07. The van der Waals surface area contributed by atoms with E-state index < -0.39 is 0 Å². The number of methoxy groups -OCH3 is 1. The maximum Gasteiger partial charge on any atom is 0.143 e. The van der Waals surface area contributed by atoms with Crippen LogP contribution >= 0.6 is 15.9 Å². The smallest absolute Gasteiger partial charge is 0.143 e. The Labute approximate surface area is 135 Å². The summed E-state index contributed by atoms with van der Waals surface area (Å²) in [5.74, 6) is 4.91. The highest BCUT2D eigenvalue weighted by molar-refractivity contribution is 9.10. The molecule has 2 nitrogen and oxygen atoms in total. The SMILES string of the molecule is COc1cc(Br)cc(C)c1NC1CC2CC1C1CCCC21. The van der Waals surface area contributed by atoms with Gasteiger partial charge in [-0.3, -0.25) is 0 Å². The first-order valence-electron chi connectivity index (χ1n) is 8.28. The number of halogens is 1. The van der Waals surface area contributed by atoms with Gasteiger partial charge >= 0.3 is 0 Å². The Morgan fingerprint density at radius 1 is 1.14 bits per heavy atom. The molecule has 5 atom stereocenters. The predicted molar refractivity (Wildman–Crippen MR) is 89.9 cm³/mol. The number of ether oxygens (including phenoxy) is 1. The third-order valence-electron chi connectivity index (χ3n) is 6.24. The summed E-state index contributed by atoms with van der Waals surface area (Å²) in [4.78, 5) is 0. The minimum atomic E-state index is 0.656. The van der Waals surface area contributed by atoms with Gasteiger partial charge in [0.15, 0.2) is 0 Å². The normalized spacial score (nSPS) is 36.8. The zero-order chi connectivity index (χ0) is 14.6. The molecule has 3 aliphatic carbocycles. The number of fused-ring (bicyclic) bond motifs is 5. The molecule has 1 N–H and O–H groups in total. The molecule has 0 spiro atoms. The van der Waals surface area contributed by atoms with Crippen LogP contribution in [0.5, 0.6) is 5.75 Å². The minimum absolute atomic E-state index is 0.656. The molecular formula is C18H24BrNO. The molecule has 3 saturated carbocycles. The third-order valence-corrected chi connectivity index (χ3v) is 6.70. The van der Waals surface area contributed by atoms with Crippen LogP contribution in [-0.2, 0) is 0 Å². The molecule has 4 rings (SSSR count). The second kappa shape index (κ2) is 5.19. The summed E-state index contributed by atoms with van der Waals surface area (Å²) in [6.45, 7) is 2.17. The third kappa shape index (κ3) is 2.19. The number of rotatable bonds is 3. The van der Waals surface area contributed by atoms with Gasteiger partial charge in [-0.2, -0.15) is 0 Å². The first kappa shape index (κ1) is 13.9. The molecule has 3 fully saturated rings. The molecule has 114 valence electrons. The van der Waals surface area contributed by atoms with E-state index in [9.17, 15) is 0 Å². The maximum atomic E-state index is 5.59. The Bertz CT molecular complexity index is 558. The van der Waals surface area contributed by atoms with Crippen LogP contribution < -0.4 is 10.1 Å². The van der Waals surface area contributed by atoms with E-state index in [1.54, 1.807) is 7.11 Å². The molecule has 1 aromatic rings. The fourth-order valence-corrected chi connectivity index (χ4v) is 6.03. The average molecular weight is 350 g/mol. The van der Waals surface area contributed by atoms with E-state index in [0.29, 0.717) is 6.04 Å². The van der Waals surface area contributed by atoms with Gasteiger partial charge in [-0.15, -0.1) is 0 Å². The van der Waals surface area contributed by atoms with Crippen molar-refractivity contribution < 1.29 is 4.74 Å². The fraction of sp³-hybridized carbons (Fsp3) is 0.667. The summed E-state index contributed by atoms with van der Waals surface area (Å²) >= 11 is 3.56. The van der Waals surface area contributed by atoms with Crippen LogP contribution in [0.25, 0.3) is 0 Å². The van der Waals surface area contributed by atoms with Gasteiger partial charge in [0.2, 0.25) is 0 Å². The van der Waals surface area contributed by atoms with Crippen molar-refractivity contribution >= 4 is 21.6 Å². The Hall–Kier alpha value is -0.700. The predicted octanol–water partition coefficient (Wildman–Crippen LogP) is 5.00. The van der Waals surface area contributed by atoms with Crippen LogP contribution in [-0.4, -0.2) is 13.2 Å². The first-order chi connectivity index (χ1) is 10.2. The summed E-state index contributed by atoms with van der Waals surface area (Å²) in [6.07, 6.45) is 7.27. The van der Waals surface area contributed by atoms with Crippen molar-refractivity contribution in [2.45, 2.75) is 45.1 Å². The molecule has 0 radical (unpaired) electrons. The lowest BCUT2D eigenvalue weighted by molar-refractivity contribution is 0.243. The monoisotopic (exact) mass is 349 g/mol. The summed E-state index contributed by atoms with van der Waals surface area (Å²) in [5, 5.41) is 3.85. The van der Waals surface area contributed by atoms with Crippen LogP contribution in [0, 0.1) is 30.6 Å². The molecule has 0 amide bonds. The van der Waals surface area contributed by atoms with Crippen molar-refractivity contribution in [1.29, 1.82) is 0 Å². The number of aryl methyl sites for hydroxylation is 1. The van der Waals surface area contributed by atoms with Crippen LogP contribution in [0.15, 0.2) is 16.6 Å². The van der Waals surface area contributed by atoms with Gasteiger partial charge in [-0.25, -0.2) is 0 Å². The van der Waals surface area contributed by atoms with Crippen molar-refractivity contribution in [2.75, 3.05) is 12.4 Å². The molecule has 0 saturated heterocycles. The van der Waals surface area contributed by atoms with Crippen molar-refractivity contribution in [2.24, 2.45) is 23.7 Å². The molecule has 3 heteroatoms. The maximum absolute atomic E-state index is 5.59. The Kier molecular flexibility index (Phi) is 3.44. The number of hydrogen-bond acceptors (Lipinski definition) is 2.